The summed E-state index contributed by atoms with van der Waals surface area (Å²) in [7, 11) is 3.92. The van der Waals surface area contributed by atoms with Crippen molar-refractivity contribution in [1.29, 1.82) is 0 Å². The highest BCUT2D eigenvalue weighted by Gasteiger charge is 2.39. The predicted molar refractivity (Wildman–Crippen MR) is 77.7 cm³/mol. The van der Waals surface area contributed by atoms with E-state index < -0.39 is 0 Å². The van der Waals surface area contributed by atoms with Crippen molar-refractivity contribution in [1.82, 2.24) is 4.90 Å². The van der Waals surface area contributed by atoms with E-state index in [0.717, 1.165) is 31.9 Å². The standard InChI is InChI=1S/C15H23N3O/c1-17-7-11-9-18(10-12(8-17)15(11)16)13-4-3-5-14(6-13)19-2/h3-6,11-12,15H,7-10,16H2,1-2H3. The smallest absolute Gasteiger partial charge is 0.120 e. The summed E-state index contributed by atoms with van der Waals surface area (Å²) in [5.74, 6) is 2.07. The fourth-order valence-electron chi connectivity index (χ4n) is 3.52. The van der Waals surface area contributed by atoms with Crippen molar-refractivity contribution in [2.45, 2.75) is 6.04 Å². The van der Waals surface area contributed by atoms with Gasteiger partial charge in [0.1, 0.15) is 5.75 Å². The molecule has 1 aromatic carbocycles. The SMILES string of the molecule is COc1cccc(N2CC3CN(C)CC(C2)C3N)c1. The lowest BCUT2D eigenvalue weighted by molar-refractivity contribution is 0.107. The van der Waals surface area contributed by atoms with Crippen molar-refractivity contribution in [3.05, 3.63) is 24.3 Å². The molecule has 4 heteroatoms. The lowest BCUT2D eigenvalue weighted by Crippen LogP contribution is -2.62. The Morgan fingerprint density at radius 2 is 1.84 bits per heavy atom. The van der Waals surface area contributed by atoms with Crippen LogP contribution in [-0.4, -0.2) is 51.3 Å². The number of hydrogen-bond donors (Lipinski definition) is 1. The number of fused-ring (bicyclic) bond motifs is 2. The lowest BCUT2D eigenvalue weighted by Gasteiger charge is -2.49. The minimum atomic E-state index is 0.359. The third-order valence-corrected chi connectivity index (χ3v) is 4.51. The van der Waals surface area contributed by atoms with Crippen LogP contribution in [0.3, 0.4) is 0 Å². The van der Waals surface area contributed by atoms with E-state index in [-0.39, 0.29) is 0 Å². The number of nitrogens with zero attached hydrogens (tertiary/aromatic N) is 2. The Bertz CT molecular complexity index is 435. The van der Waals surface area contributed by atoms with Crippen LogP contribution < -0.4 is 15.4 Å². The molecule has 2 bridgehead atoms. The van der Waals surface area contributed by atoms with Gasteiger partial charge in [-0.15, -0.1) is 0 Å². The van der Waals surface area contributed by atoms with Crippen LogP contribution in [0.4, 0.5) is 5.69 Å². The molecule has 0 aromatic heterocycles. The predicted octanol–water partition coefficient (Wildman–Crippen LogP) is 1.02. The van der Waals surface area contributed by atoms with Crippen LogP contribution in [0.1, 0.15) is 0 Å². The molecule has 0 spiro atoms. The largest absolute Gasteiger partial charge is 0.497 e. The normalized spacial score (nSPS) is 31.3. The summed E-state index contributed by atoms with van der Waals surface area (Å²) in [5, 5.41) is 0. The second kappa shape index (κ2) is 5.02. The first kappa shape index (κ1) is 12.8. The fraction of sp³-hybridized carbons (Fsp3) is 0.600. The van der Waals surface area contributed by atoms with E-state index in [0.29, 0.717) is 17.9 Å². The molecule has 1 aromatic rings. The Kier molecular flexibility index (Phi) is 3.37. The molecule has 104 valence electrons. The number of hydrogen-bond acceptors (Lipinski definition) is 4. The molecule has 4 nitrogen and oxygen atoms in total. The molecule has 2 saturated heterocycles. The summed E-state index contributed by atoms with van der Waals surface area (Å²) < 4.78 is 5.32. The Morgan fingerprint density at radius 3 is 2.47 bits per heavy atom. The minimum Gasteiger partial charge on any atom is -0.497 e. The number of nitrogens with two attached hydrogens (primary N) is 1. The Hall–Kier alpha value is -1.26. The van der Waals surface area contributed by atoms with E-state index in [1.807, 2.05) is 6.07 Å². The molecule has 2 fully saturated rings. The van der Waals surface area contributed by atoms with Crippen LogP contribution >= 0.6 is 0 Å². The molecule has 0 radical (unpaired) electrons. The molecule has 2 aliphatic rings. The molecule has 2 aliphatic heterocycles. The third kappa shape index (κ3) is 2.42. The van der Waals surface area contributed by atoms with Crippen LogP contribution in [-0.2, 0) is 0 Å². The van der Waals surface area contributed by atoms with E-state index >= 15 is 0 Å². The number of benzene rings is 1. The van der Waals surface area contributed by atoms with E-state index in [1.165, 1.54) is 5.69 Å². The van der Waals surface area contributed by atoms with Gasteiger partial charge in [-0.3, -0.25) is 0 Å². The van der Waals surface area contributed by atoms with Crippen molar-refractivity contribution >= 4 is 5.69 Å². The molecule has 2 heterocycles. The number of likely N-dealkylation sites (tertiary alicyclic amines) is 1. The molecule has 0 aliphatic carbocycles. The Balaban J connectivity index is 1.80. The number of rotatable bonds is 2. The van der Waals surface area contributed by atoms with Gasteiger partial charge in [0.25, 0.3) is 0 Å². The number of ether oxygens (including phenoxy) is 1. The topological polar surface area (TPSA) is 41.7 Å². The fourth-order valence-corrected chi connectivity index (χ4v) is 3.52. The van der Waals surface area contributed by atoms with Gasteiger partial charge in [-0.05, 0) is 19.2 Å². The van der Waals surface area contributed by atoms with Crippen LogP contribution in [0.25, 0.3) is 0 Å². The van der Waals surface area contributed by atoms with Gasteiger partial charge in [0.05, 0.1) is 7.11 Å². The van der Waals surface area contributed by atoms with E-state index in [9.17, 15) is 0 Å². The lowest BCUT2D eigenvalue weighted by atomic mass is 9.80. The molecule has 0 amide bonds. The average molecular weight is 261 g/mol. The summed E-state index contributed by atoms with van der Waals surface area (Å²) in [6, 6.07) is 8.70. The van der Waals surface area contributed by atoms with Crippen LogP contribution in [0.15, 0.2) is 24.3 Å². The first-order valence-electron chi connectivity index (χ1n) is 7.00. The highest BCUT2D eigenvalue weighted by molar-refractivity contribution is 5.51. The summed E-state index contributed by atoms with van der Waals surface area (Å²) in [5.41, 5.74) is 7.62. The van der Waals surface area contributed by atoms with Gasteiger partial charge in [-0.1, -0.05) is 6.07 Å². The zero-order valence-electron chi connectivity index (χ0n) is 11.7. The van der Waals surface area contributed by atoms with Gasteiger partial charge < -0.3 is 20.3 Å². The molecule has 2 unspecified atom stereocenters. The zero-order chi connectivity index (χ0) is 13.4. The summed E-state index contributed by atoms with van der Waals surface area (Å²) >= 11 is 0. The summed E-state index contributed by atoms with van der Waals surface area (Å²) in [6.45, 7) is 4.32. The highest BCUT2D eigenvalue weighted by Crippen LogP contribution is 2.31. The molecule has 0 saturated carbocycles. The summed E-state index contributed by atoms with van der Waals surface area (Å²) in [6.07, 6.45) is 0. The first-order valence-corrected chi connectivity index (χ1v) is 7.00. The van der Waals surface area contributed by atoms with Gasteiger partial charge in [0, 0.05) is 55.8 Å². The highest BCUT2D eigenvalue weighted by atomic mass is 16.5. The second-order valence-electron chi connectivity index (χ2n) is 5.93. The molecular formula is C15H23N3O. The first-order chi connectivity index (χ1) is 9.17. The number of methoxy groups -OCH3 is 1. The monoisotopic (exact) mass is 261 g/mol. The van der Waals surface area contributed by atoms with Gasteiger partial charge >= 0.3 is 0 Å². The van der Waals surface area contributed by atoms with Crippen LogP contribution in [0.2, 0.25) is 0 Å². The third-order valence-electron chi connectivity index (χ3n) is 4.51. The van der Waals surface area contributed by atoms with Crippen molar-refractivity contribution in [3.8, 4) is 5.75 Å². The van der Waals surface area contributed by atoms with E-state index in [1.54, 1.807) is 7.11 Å². The van der Waals surface area contributed by atoms with Crippen molar-refractivity contribution in [3.63, 3.8) is 0 Å². The quantitative estimate of drug-likeness (QED) is 0.863. The Labute approximate surface area is 115 Å². The Morgan fingerprint density at radius 1 is 1.16 bits per heavy atom. The number of anilines is 1. The van der Waals surface area contributed by atoms with E-state index in [4.69, 9.17) is 10.5 Å². The number of piperidine rings is 2. The molecule has 2 N–H and O–H groups in total. The van der Waals surface area contributed by atoms with E-state index in [2.05, 4.69) is 35.0 Å². The van der Waals surface area contributed by atoms with Crippen molar-refractivity contribution in [2.75, 3.05) is 45.2 Å². The molecule has 3 rings (SSSR count). The van der Waals surface area contributed by atoms with Gasteiger partial charge in [0.2, 0.25) is 0 Å². The maximum atomic E-state index is 6.36. The van der Waals surface area contributed by atoms with Gasteiger partial charge in [-0.25, -0.2) is 0 Å². The second-order valence-corrected chi connectivity index (χ2v) is 5.93. The summed E-state index contributed by atoms with van der Waals surface area (Å²) in [4.78, 5) is 4.88. The maximum Gasteiger partial charge on any atom is 0.120 e. The average Bonchev–Trinajstić information content (AvgIpc) is 2.40. The van der Waals surface area contributed by atoms with Gasteiger partial charge in [0.15, 0.2) is 0 Å². The van der Waals surface area contributed by atoms with Crippen LogP contribution in [0, 0.1) is 11.8 Å². The molecular weight excluding hydrogens is 238 g/mol. The maximum absolute atomic E-state index is 6.36. The van der Waals surface area contributed by atoms with Crippen molar-refractivity contribution < 1.29 is 4.74 Å². The van der Waals surface area contributed by atoms with Crippen LogP contribution in [0.5, 0.6) is 5.75 Å². The zero-order valence-corrected chi connectivity index (χ0v) is 11.7. The minimum absolute atomic E-state index is 0.359. The van der Waals surface area contributed by atoms with Gasteiger partial charge in [-0.2, -0.15) is 0 Å². The van der Waals surface area contributed by atoms with Crippen molar-refractivity contribution in [2.24, 2.45) is 17.6 Å². The molecule has 2 atom stereocenters. The molecule has 19 heavy (non-hydrogen) atoms.